The van der Waals surface area contributed by atoms with Crippen LogP contribution in [0.15, 0.2) is 131 Å². The molecule has 0 heterocycles. The Kier molecular flexibility index (Phi) is 7.22. The molecule has 0 saturated heterocycles. The molecule has 0 aliphatic rings. The van der Waals surface area contributed by atoms with Gasteiger partial charge in [-0.15, -0.1) is 0 Å². The van der Waals surface area contributed by atoms with Gasteiger partial charge in [0, 0.05) is 21.2 Å². The highest BCUT2D eigenvalue weighted by Gasteiger charge is 2.29. The summed E-state index contributed by atoms with van der Waals surface area (Å²) >= 11 is 0. The SMILES string of the molecule is CC(=NP(=O)(c1ccccc1)c1ccccc1)C(C)=NP(=O)(c1ccccc1)c1ccccc1. The predicted molar refractivity (Wildman–Crippen MR) is 146 cm³/mol. The zero-order chi connectivity index (χ0) is 24.0. The monoisotopic (exact) mass is 484 g/mol. The summed E-state index contributed by atoms with van der Waals surface area (Å²) in [4.78, 5) is 0. The summed E-state index contributed by atoms with van der Waals surface area (Å²) in [5.74, 6) is 0. The number of hydrogen-bond donors (Lipinski definition) is 0. The summed E-state index contributed by atoms with van der Waals surface area (Å²) < 4.78 is 38.1. The maximum absolute atomic E-state index is 14.3. The Balaban J connectivity index is 1.85. The third-order valence-corrected chi connectivity index (χ3v) is 10.7. The van der Waals surface area contributed by atoms with Crippen LogP contribution in [0.4, 0.5) is 0 Å². The van der Waals surface area contributed by atoms with Crippen molar-refractivity contribution in [3.63, 3.8) is 0 Å². The first-order chi connectivity index (χ1) is 16.4. The van der Waals surface area contributed by atoms with Crippen LogP contribution in [-0.2, 0) is 9.13 Å². The van der Waals surface area contributed by atoms with Gasteiger partial charge < -0.3 is 0 Å². The van der Waals surface area contributed by atoms with Gasteiger partial charge in [0.05, 0.1) is 11.4 Å². The summed E-state index contributed by atoms with van der Waals surface area (Å²) in [6.45, 7) is 3.55. The third-order valence-electron chi connectivity index (χ3n) is 5.53. The molecule has 4 rings (SSSR count). The molecule has 4 aromatic rings. The lowest BCUT2D eigenvalue weighted by atomic mass is 10.3. The van der Waals surface area contributed by atoms with Crippen LogP contribution < -0.4 is 21.2 Å². The fourth-order valence-electron chi connectivity index (χ4n) is 3.62. The summed E-state index contributed by atoms with van der Waals surface area (Å²) in [6, 6.07) is 37.0. The van der Waals surface area contributed by atoms with E-state index in [2.05, 4.69) is 0 Å². The van der Waals surface area contributed by atoms with Crippen molar-refractivity contribution in [2.24, 2.45) is 9.53 Å². The van der Waals surface area contributed by atoms with Crippen LogP contribution in [0.5, 0.6) is 0 Å². The predicted octanol–water partition coefficient (Wildman–Crippen LogP) is 5.77. The average Bonchev–Trinajstić information content (AvgIpc) is 2.90. The third kappa shape index (κ3) is 4.94. The molecular weight excluding hydrogens is 458 g/mol. The Bertz CT molecular complexity index is 1200. The van der Waals surface area contributed by atoms with E-state index in [0.717, 1.165) is 0 Å². The van der Waals surface area contributed by atoms with Crippen molar-refractivity contribution in [2.75, 3.05) is 0 Å². The molecule has 0 radical (unpaired) electrons. The normalized spacial score (nSPS) is 13.0. The van der Waals surface area contributed by atoms with E-state index in [1.54, 1.807) is 13.8 Å². The van der Waals surface area contributed by atoms with E-state index in [1.165, 1.54) is 0 Å². The standard InChI is InChI=1S/C28H26N2O2P2/c1-23(29-33(31,25-15-7-3-8-16-25)26-17-9-4-10-18-26)24(2)30-34(32,27-19-11-5-12-20-27)28-21-13-6-14-22-28/h3-22H,1-2H3. The van der Waals surface area contributed by atoms with Crippen molar-refractivity contribution in [1.82, 2.24) is 0 Å². The smallest absolute Gasteiger partial charge is 0.247 e. The highest BCUT2D eigenvalue weighted by molar-refractivity contribution is 7.78. The van der Waals surface area contributed by atoms with Crippen LogP contribution in [0.3, 0.4) is 0 Å². The molecular formula is C28H26N2O2P2. The van der Waals surface area contributed by atoms with Crippen LogP contribution in [-0.4, -0.2) is 11.4 Å². The number of benzene rings is 4. The molecule has 0 fully saturated rings. The maximum atomic E-state index is 14.3. The molecule has 0 aliphatic carbocycles. The molecule has 0 bridgehead atoms. The van der Waals surface area contributed by atoms with Gasteiger partial charge in [0.15, 0.2) is 0 Å². The van der Waals surface area contributed by atoms with E-state index in [9.17, 15) is 9.13 Å². The zero-order valence-corrected chi connectivity index (χ0v) is 20.9. The fourth-order valence-corrected chi connectivity index (χ4v) is 8.11. The van der Waals surface area contributed by atoms with Crippen molar-refractivity contribution < 1.29 is 9.13 Å². The molecule has 0 aromatic heterocycles. The quantitative estimate of drug-likeness (QED) is 0.247. The summed E-state index contributed by atoms with van der Waals surface area (Å²) in [7, 11) is -6.65. The molecule has 0 amide bonds. The molecule has 0 unspecified atom stereocenters. The molecule has 0 spiro atoms. The molecule has 0 aliphatic heterocycles. The van der Waals surface area contributed by atoms with E-state index < -0.39 is 14.6 Å². The molecule has 4 nitrogen and oxygen atoms in total. The Labute approximate surface area is 201 Å². The van der Waals surface area contributed by atoms with Gasteiger partial charge in [0.25, 0.3) is 0 Å². The number of hydrogen-bond acceptors (Lipinski definition) is 2. The molecule has 4 aromatic carbocycles. The maximum Gasteiger partial charge on any atom is 0.247 e. The van der Waals surface area contributed by atoms with Crippen molar-refractivity contribution in [3.8, 4) is 0 Å². The summed E-state index contributed by atoms with van der Waals surface area (Å²) in [5, 5.41) is 2.57. The van der Waals surface area contributed by atoms with Crippen LogP contribution in [0, 0.1) is 0 Å². The first-order valence-electron chi connectivity index (χ1n) is 11.0. The zero-order valence-electron chi connectivity index (χ0n) is 19.2. The largest absolute Gasteiger partial charge is 0.288 e. The molecule has 6 heteroatoms. The average molecular weight is 484 g/mol. The fraction of sp³-hybridized carbons (Fsp3) is 0.0714. The molecule has 0 N–H and O–H groups in total. The van der Waals surface area contributed by atoms with Crippen molar-refractivity contribution in [3.05, 3.63) is 121 Å². The van der Waals surface area contributed by atoms with Crippen LogP contribution in [0.2, 0.25) is 0 Å². The molecule has 0 saturated carbocycles. The minimum atomic E-state index is -3.33. The Morgan fingerprint density at radius 1 is 0.441 bits per heavy atom. The first kappa shape index (κ1) is 23.8. The topological polar surface area (TPSA) is 58.9 Å². The second-order valence-corrected chi connectivity index (χ2v) is 12.6. The van der Waals surface area contributed by atoms with Crippen molar-refractivity contribution in [1.29, 1.82) is 0 Å². The lowest BCUT2D eigenvalue weighted by molar-refractivity contribution is 0.587. The van der Waals surface area contributed by atoms with Gasteiger partial charge in [0.2, 0.25) is 14.6 Å². The van der Waals surface area contributed by atoms with Gasteiger partial charge >= 0.3 is 0 Å². The molecule has 0 atom stereocenters. The van der Waals surface area contributed by atoms with Crippen LogP contribution >= 0.6 is 14.6 Å². The Hall–Kier alpha value is -3.32. The van der Waals surface area contributed by atoms with E-state index in [0.29, 0.717) is 32.6 Å². The van der Waals surface area contributed by atoms with Gasteiger partial charge in [-0.2, -0.15) is 0 Å². The minimum Gasteiger partial charge on any atom is -0.288 e. The molecule has 170 valence electrons. The van der Waals surface area contributed by atoms with Crippen molar-refractivity contribution >= 4 is 47.2 Å². The Morgan fingerprint density at radius 2 is 0.647 bits per heavy atom. The van der Waals surface area contributed by atoms with Gasteiger partial charge in [-0.25, -0.2) is 9.53 Å². The van der Waals surface area contributed by atoms with E-state index in [-0.39, 0.29) is 0 Å². The highest BCUT2D eigenvalue weighted by atomic mass is 31.2. The van der Waals surface area contributed by atoms with Crippen molar-refractivity contribution in [2.45, 2.75) is 13.8 Å². The summed E-state index contributed by atoms with van der Waals surface area (Å²) in [5.41, 5.74) is 0.978. The lowest BCUT2D eigenvalue weighted by Crippen LogP contribution is -2.19. The van der Waals surface area contributed by atoms with Gasteiger partial charge in [-0.3, -0.25) is 9.13 Å². The van der Waals surface area contributed by atoms with E-state index in [4.69, 9.17) is 9.53 Å². The minimum absolute atomic E-state index is 0.489. The van der Waals surface area contributed by atoms with Gasteiger partial charge in [-0.1, -0.05) is 72.8 Å². The lowest BCUT2D eigenvalue weighted by Gasteiger charge is -2.18. The number of nitrogens with zero attached hydrogens (tertiary/aromatic N) is 2. The summed E-state index contributed by atoms with van der Waals surface area (Å²) in [6.07, 6.45) is 0. The Morgan fingerprint density at radius 3 is 0.853 bits per heavy atom. The van der Waals surface area contributed by atoms with Crippen LogP contribution in [0.25, 0.3) is 0 Å². The van der Waals surface area contributed by atoms with E-state index >= 15 is 0 Å². The van der Waals surface area contributed by atoms with Gasteiger partial charge in [-0.05, 0) is 62.4 Å². The van der Waals surface area contributed by atoms with Crippen LogP contribution in [0.1, 0.15) is 13.8 Å². The number of rotatable bonds is 7. The second kappa shape index (κ2) is 10.3. The molecule has 34 heavy (non-hydrogen) atoms. The highest BCUT2D eigenvalue weighted by Crippen LogP contribution is 2.47. The second-order valence-electron chi connectivity index (χ2n) is 7.87. The van der Waals surface area contributed by atoms with E-state index in [1.807, 2.05) is 121 Å². The van der Waals surface area contributed by atoms with Gasteiger partial charge in [0.1, 0.15) is 0 Å². The first-order valence-corrected chi connectivity index (χ1v) is 14.3.